The van der Waals surface area contributed by atoms with Gasteiger partial charge in [0.05, 0.1) is 18.4 Å². The molecule has 0 aliphatic heterocycles. The predicted octanol–water partition coefficient (Wildman–Crippen LogP) is 5.22. The Balaban J connectivity index is 1.66. The van der Waals surface area contributed by atoms with Crippen LogP contribution in [0.25, 0.3) is 0 Å². The lowest BCUT2D eigenvalue weighted by Gasteiger charge is -2.08. The van der Waals surface area contributed by atoms with E-state index in [2.05, 4.69) is 26.5 Å². The zero-order valence-electron chi connectivity index (χ0n) is 16.9. The van der Waals surface area contributed by atoms with Gasteiger partial charge in [-0.15, -0.1) is 0 Å². The van der Waals surface area contributed by atoms with Crippen LogP contribution in [0.5, 0.6) is 11.5 Å². The summed E-state index contributed by atoms with van der Waals surface area (Å²) in [6, 6.07) is 20.7. The van der Waals surface area contributed by atoms with E-state index in [9.17, 15) is 9.59 Å². The first-order valence-corrected chi connectivity index (χ1v) is 10.5. The van der Waals surface area contributed by atoms with Gasteiger partial charge in [0.15, 0.2) is 0 Å². The second kappa shape index (κ2) is 11.1. The van der Waals surface area contributed by atoms with E-state index in [-0.39, 0.29) is 5.91 Å². The first-order valence-electron chi connectivity index (χ1n) is 9.70. The number of hydrogen-bond acceptors (Lipinski definition) is 5. The van der Waals surface area contributed by atoms with E-state index in [1.807, 2.05) is 13.0 Å². The molecule has 0 aromatic heterocycles. The number of benzene rings is 3. The van der Waals surface area contributed by atoms with Gasteiger partial charge in [-0.25, -0.2) is 10.2 Å². The van der Waals surface area contributed by atoms with Crippen molar-refractivity contribution in [3.05, 3.63) is 94.0 Å². The number of nitrogens with zero attached hydrogens (tertiary/aromatic N) is 1. The second-order valence-electron chi connectivity index (χ2n) is 6.51. The normalized spacial score (nSPS) is 10.6. The molecule has 0 aliphatic rings. The van der Waals surface area contributed by atoms with Crippen LogP contribution < -0.4 is 14.9 Å². The van der Waals surface area contributed by atoms with Crippen LogP contribution in [0.4, 0.5) is 0 Å². The van der Waals surface area contributed by atoms with Crippen LogP contribution in [0.1, 0.15) is 39.6 Å². The molecule has 0 radical (unpaired) electrons. The predicted molar refractivity (Wildman–Crippen MR) is 123 cm³/mol. The Kier molecular flexibility index (Phi) is 7.95. The molecule has 0 atom stereocenters. The highest BCUT2D eigenvalue weighted by Crippen LogP contribution is 2.23. The average molecular weight is 481 g/mol. The van der Waals surface area contributed by atoms with Crippen LogP contribution in [0, 0.1) is 0 Å². The smallest absolute Gasteiger partial charge is 0.343 e. The van der Waals surface area contributed by atoms with Crippen LogP contribution in [0.15, 0.2) is 82.4 Å². The Bertz CT molecular complexity index is 1070. The molecule has 0 spiro atoms. The minimum atomic E-state index is -0.480. The third kappa shape index (κ3) is 6.52. The van der Waals surface area contributed by atoms with Crippen molar-refractivity contribution in [2.75, 3.05) is 6.61 Å². The maximum atomic E-state index is 12.4. The average Bonchev–Trinajstić information content (AvgIpc) is 2.80. The Hall–Kier alpha value is -3.45. The molecule has 0 fully saturated rings. The minimum Gasteiger partial charge on any atom is -0.494 e. The highest BCUT2D eigenvalue weighted by molar-refractivity contribution is 9.10. The van der Waals surface area contributed by atoms with Gasteiger partial charge in [0, 0.05) is 15.6 Å². The van der Waals surface area contributed by atoms with E-state index in [1.165, 1.54) is 6.21 Å². The molecule has 3 aromatic rings. The Morgan fingerprint density at radius 1 is 1.00 bits per heavy atom. The summed E-state index contributed by atoms with van der Waals surface area (Å²) in [4.78, 5) is 24.7. The summed E-state index contributed by atoms with van der Waals surface area (Å²) < 4.78 is 11.8. The monoisotopic (exact) mass is 480 g/mol. The van der Waals surface area contributed by atoms with Crippen molar-refractivity contribution >= 4 is 34.0 Å². The number of amides is 1. The fourth-order valence-corrected chi connectivity index (χ4v) is 2.97. The molecule has 0 bridgehead atoms. The standard InChI is InChI=1S/C24H21BrN2O4/c1-2-14-30-21-11-8-17(9-12-21)23(28)27-26-16-19-15-20(25)10-13-22(19)31-24(29)18-6-4-3-5-7-18/h3-13,15-16H,2,14H2,1H3,(H,27,28)/b26-16-. The Morgan fingerprint density at radius 3 is 2.45 bits per heavy atom. The lowest BCUT2D eigenvalue weighted by molar-refractivity contribution is 0.0734. The van der Waals surface area contributed by atoms with Crippen molar-refractivity contribution in [2.45, 2.75) is 13.3 Å². The Labute approximate surface area is 189 Å². The van der Waals surface area contributed by atoms with E-state index in [0.717, 1.165) is 10.9 Å². The Morgan fingerprint density at radius 2 is 1.74 bits per heavy atom. The summed E-state index contributed by atoms with van der Waals surface area (Å²) in [6.45, 7) is 2.65. The zero-order chi connectivity index (χ0) is 22.1. The number of ether oxygens (including phenoxy) is 2. The van der Waals surface area contributed by atoms with Crippen molar-refractivity contribution in [3.8, 4) is 11.5 Å². The summed E-state index contributed by atoms with van der Waals surface area (Å²) in [5.41, 5.74) is 3.89. The lowest BCUT2D eigenvalue weighted by Crippen LogP contribution is -2.17. The summed E-state index contributed by atoms with van der Waals surface area (Å²) in [6.07, 6.45) is 2.34. The molecule has 0 aliphatic carbocycles. The van der Waals surface area contributed by atoms with E-state index >= 15 is 0 Å². The molecule has 0 unspecified atom stereocenters. The SMILES string of the molecule is CCCOc1ccc(C(=O)N/N=C\c2cc(Br)ccc2OC(=O)c2ccccc2)cc1. The van der Waals surface area contributed by atoms with Crippen molar-refractivity contribution in [2.24, 2.45) is 5.10 Å². The fourth-order valence-electron chi connectivity index (χ4n) is 2.59. The van der Waals surface area contributed by atoms with Crippen LogP contribution in [0.3, 0.4) is 0 Å². The van der Waals surface area contributed by atoms with Crippen molar-refractivity contribution in [3.63, 3.8) is 0 Å². The third-order valence-corrected chi connectivity index (χ3v) is 4.64. The topological polar surface area (TPSA) is 77.0 Å². The molecule has 3 aromatic carbocycles. The third-order valence-electron chi connectivity index (χ3n) is 4.14. The molecule has 158 valence electrons. The van der Waals surface area contributed by atoms with Gasteiger partial charge in [0.1, 0.15) is 11.5 Å². The maximum Gasteiger partial charge on any atom is 0.343 e. The van der Waals surface area contributed by atoms with Gasteiger partial charge >= 0.3 is 5.97 Å². The molecule has 3 rings (SSSR count). The lowest BCUT2D eigenvalue weighted by atomic mass is 10.2. The van der Waals surface area contributed by atoms with Crippen LogP contribution in [-0.2, 0) is 0 Å². The molecule has 0 heterocycles. The molecule has 1 amide bonds. The van der Waals surface area contributed by atoms with Crippen LogP contribution in [0.2, 0.25) is 0 Å². The largest absolute Gasteiger partial charge is 0.494 e. The zero-order valence-corrected chi connectivity index (χ0v) is 18.5. The number of nitrogens with one attached hydrogen (secondary N) is 1. The number of rotatable bonds is 8. The van der Waals surface area contributed by atoms with Crippen LogP contribution in [-0.4, -0.2) is 24.7 Å². The number of halogens is 1. The number of esters is 1. The van der Waals surface area contributed by atoms with E-state index in [0.29, 0.717) is 34.8 Å². The van der Waals surface area contributed by atoms with Gasteiger partial charge in [-0.05, 0) is 61.0 Å². The summed E-state index contributed by atoms with van der Waals surface area (Å²) in [5, 5.41) is 4.00. The molecular formula is C24H21BrN2O4. The van der Waals surface area contributed by atoms with Gasteiger partial charge in [-0.3, -0.25) is 4.79 Å². The van der Waals surface area contributed by atoms with Gasteiger partial charge < -0.3 is 9.47 Å². The van der Waals surface area contributed by atoms with Gasteiger partial charge in [0.25, 0.3) is 5.91 Å². The molecule has 31 heavy (non-hydrogen) atoms. The van der Waals surface area contributed by atoms with E-state index in [4.69, 9.17) is 9.47 Å². The summed E-state index contributed by atoms with van der Waals surface area (Å²) in [5.74, 6) is 0.191. The number of hydrazone groups is 1. The molecular weight excluding hydrogens is 460 g/mol. The maximum absolute atomic E-state index is 12.4. The van der Waals surface area contributed by atoms with Crippen molar-refractivity contribution in [1.82, 2.24) is 5.43 Å². The van der Waals surface area contributed by atoms with Gasteiger partial charge in [0.2, 0.25) is 0 Å². The molecule has 6 nitrogen and oxygen atoms in total. The fraction of sp³-hybridized carbons (Fsp3) is 0.125. The first kappa shape index (κ1) is 22.2. The molecule has 7 heteroatoms. The number of carbonyl (C=O) groups is 2. The highest BCUT2D eigenvalue weighted by atomic mass is 79.9. The summed E-state index contributed by atoms with van der Waals surface area (Å²) >= 11 is 3.39. The summed E-state index contributed by atoms with van der Waals surface area (Å²) in [7, 11) is 0. The van der Waals surface area contributed by atoms with E-state index < -0.39 is 5.97 Å². The highest BCUT2D eigenvalue weighted by Gasteiger charge is 2.11. The van der Waals surface area contributed by atoms with E-state index in [1.54, 1.807) is 66.7 Å². The molecule has 1 N–H and O–H groups in total. The second-order valence-corrected chi connectivity index (χ2v) is 7.43. The minimum absolute atomic E-state index is 0.326. The quantitative estimate of drug-likeness (QED) is 0.207. The van der Waals surface area contributed by atoms with Crippen molar-refractivity contribution in [1.29, 1.82) is 0 Å². The number of hydrogen-bond donors (Lipinski definition) is 1. The van der Waals surface area contributed by atoms with Gasteiger partial charge in [-0.2, -0.15) is 5.10 Å². The molecule has 0 saturated carbocycles. The number of carbonyl (C=O) groups excluding carboxylic acids is 2. The van der Waals surface area contributed by atoms with Crippen LogP contribution >= 0.6 is 15.9 Å². The van der Waals surface area contributed by atoms with Crippen molar-refractivity contribution < 1.29 is 19.1 Å². The first-order chi connectivity index (χ1) is 15.1. The van der Waals surface area contributed by atoms with Gasteiger partial charge in [-0.1, -0.05) is 41.1 Å². The molecule has 0 saturated heterocycles.